The van der Waals surface area contributed by atoms with Crippen LogP contribution in [0.3, 0.4) is 0 Å². The zero-order valence-electron chi connectivity index (χ0n) is 11.9. The van der Waals surface area contributed by atoms with Gasteiger partial charge in [0.15, 0.2) is 11.6 Å². The fourth-order valence-corrected chi connectivity index (χ4v) is 2.66. The number of ketones is 2. The zero-order valence-corrected chi connectivity index (χ0v) is 11.9. The van der Waals surface area contributed by atoms with Crippen molar-refractivity contribution in [1.29, 1.82) is 0 Å². The average molecular weight is 278 g/mol. The highest BCUT2D eigenvalue weighted by Gasteiger charge is 2.20. The van der Waals surface area contributed by atoms with Crippen LogP contribution in [0.1, 0.15) is 57.9 Å². The van der Waals surface area contributed by atoms with Gasteiger partial charge in [-0.2, -0.15) is 0 Å². The van der Waals surface area contributed by atoms with Crippen LogP contribution in [-0.2, 0) is 0 Å². The van der Waals surface area contributed by atoms with Crippen molar-refractivity contribution in [2.45, 2.75) is 31.6 Å². The quantitative estimate of drug-likeness (QED) is 0.599. The van der Waals surface area contributed by atoms with Crippen LogP contribution in [-0.4, -0.2) is 11.6 Å². The summed E-state index contributed by atoms with van der Waals surface area (Å²) in [4.78, 5) is 24.2. The number of hydrogen-bond donors (Lipinski definition) is 0. The van der Waals surface area contributed by atoms with E-state index in [4.69, 9.17) is 0 Å². The van der Waals surface area contributed by atoms with Gasteiger partial charge >= 0.3 is 0 Å². The van der Waals surface area contributed by atoms with E-state index in [0.29, 0.717) is 17.0 Å². The van der Waals surface area contributed by atoms with Gasteiger partial charge in [0.1, 0.15) is 0 Å². The summed E-state index contributed by atoms with van der Waals surface area (Å²) < 4.78 is 0. The van der Waals surface area contributed by atoms with Crippen LogP contribution in [0.2, 0.25) is 0 Å². The summed E-state index contributed by atoms with van der Waals surface area (Å²) in [5, 5.41) is 0. The Morgan fingerprint density at radius 3 is 1.90 bits per heavy atom. The highest BCUT2D eigenvalue weighted by molar-refractivity contribution is 6.13. The van der Waals surface area contributed by atoms with E-state index in [1.54, 1.807) is 12.1 Å². The van der Waals surface area contributed by atoms with Gasteiger partial charge in [0, 0.05) is 11.1 Å². The molecule has 2 nitrogen and oxygen atoms in total. The third-order valence-corrected chi connectivity index (χ3v) is 4.23. The maximum Gasteiger partial charge on any atom is 0.170 e. The first-order valence-electron chi connectivity index (χ1n) is 7.45. The average Bonchev–Trinajstić information content (AvgIpc) is 2.47. The SMILES string of the molecule is O=C(CC(=O)c1ccc(C2CCC2)cc1)c1ccccc1. The molecule has 2 aromatic rings. The van der Waals surface area contributed by atoms with Crippen LogP contribution in [0, 0.1) is 0 Å². The minimum atomic E-state index is -0.122. The molecule has 1 aliphatic carbocycles. The highest BCUT2D eigenvalue weighted by atomic mass is 16.1. The maximum absolute atomic E-state index is 12.2. The first kappa shape index (κ1) is 13.7. The molecule has 0 unspecified atom stereocenters. The Balaban J connectivity index is 1.66. The molecule has 1 saturated carbocycles. The molecule has 0 aromatic heterocycles. The van der Waals surface area contributed by atoms with Crippen molar-refractivity contribution in [3.8, 4) is 0 Å². The van der Waals surface area contributed by atoms with Gasteiger partial charge in [0.25, 0.3) is 0 Å². The smallest absolute Gasteiger partial charge is 0.170 e. The van der Waals surface area contributed by atoms with Gasteiger partial charge in [-0.15, -0.1) is 0 Å². The van der Waals surface area contributed by atoms with Gasteiger partial charge in [-0.1, -0.05) is 61.0 Å². The molecule has 0 bridgehead atoms. The first-order chi connectivity index (χ1) is 10.2. The molecule has 2 heteroatoms. The predicted octanol–water partition coefficient (Wildman–Crippen LogP) is 4.41. The van der Waals surface area contributed by atoms with E-state index < -0.39 is 0 Å². The normalized spacial score (nSPS) is 14.5. The Morgan fingerprint density at radius 2 is 1.38 bits per heavy atom. The lowest BCUT2D eigenvalue weighted by Gasteiger charge is -2.25. The van der Waals surface area contributed by atoms with Gasteiger partial charge < -0.3 is 0 Å². The second-order valence-electron chi connectivity index (χ2n) is 5.64. The summed E-state index contributed by atoms with van der Waals surface area (Å²) in [6.45, 7) is 0. The van der Waals surface area contributed by atoms with Crippen molar-refractivity contribution in [3.63, 3.8) is 0 Å². The lowest BCUT2D eigenvalue weighted by Crippen LogP contribution is -2.10. The second-order valence-corrected chi connectivity index (χ2v) is 5.64. The molecule has 1 fully saturated rings. The Labute approximate surface area is 124 Å². The summed E-state index contributed by atoms with van der Waals surface area (Å²) in [7, 11) is 0. The van der Waals surface area contributed by atoms with Crippen LogP contribution in [0.5, 0.6) is 0 Å². The van der Waals surface area contributed by atoms with Crippen LogP contribution in [0.15, 0.2) is 54.6 Å². The largest absolute Gasteiger partial charge is 0.294 e. The lowest BCUT2D eigenvalue weighted by atomic mass is 9.80. The molecule has 106 valence electrons. The monoisotopic (exact) mass is 278 g/mol. The van der Waals surface area contributed by atoms with Crippen LogP contribution >= 0.6 is 0 Å². The molecule has 3 rings (SSSR count). The molecule has 0 radical (unpaired) electrons. The Hall–Kier alpha value is -2.22. The first-order valence-corrected chi connectivity index (χ1v) is 7.45. The van der Waals surface area contributed by atoms with Crippen molar-refractivity contribution in [2.24, 2.45) is 0 Å². The van der Waals surface area contributed by atoms with Crippen LogP contribution in [0.25, 0.3) is 0 Å². The van der Waals surface area contributed by atoms with E-state index in [9.17, 15) is 9.59 Å². The third-order valence-electron chi connectivity index (χ3n) is 4.23. The van der Waals surface area contributed by atoms with Gasteiger partial charge in [-0.05, 0) is 24.3 Å². The zero-order chi connectivity index (χ0) is 14.7. The highest BCUT2D eigenvalue weighted by Crippen LogP contribution is 2.36. The van der Waals surface area contributed by atoms with Gasteiger partial charge in [-0.25, -0.2) is 0 Å². The summed E-state index contributed by atoms with van der Waals surface area (Å²) in [5.74, 6) is 0.438. The molecule has 0 atom stereocenters. The third kappa shape index (κ3) is 3.10. The Morgan fingerprint density at radius 1 is 0.810 bits per heavy atom. The molecule has 0 N–H and O–H groups in total. The summed E-state index contributed by atoms with van der Waals surface area (Å²) in [5.41, 5.74) is 2.53. The number of rotatable bonds is 5. The fourth-order valence-electron chi connectivity index (χ4n) is 2.66. The molecular weight excluding hydrogens is 260 g/mol. The number of hydrogen-bond acceptors (Lipinski definition) is 2. The molecule has 0 saturated heterocycles. The number of Topliss-reactive ketones (excluding diaryl/α,β-unsaturated/α-hetero) is 2. The minimum absolute atomic E-state index is 0.0627. The van der Waals surface area contributed by atoms with Crippen molar-refractivity contribution in [1.82, 2.24) is 0 Å². The molecule has 0 heterocycles. The molecule has 0 aliphatic heterocycles. The predicted molar refractivity (Wildman–Crippen MR) is 82.8 cm³/mol. The van der Waals surface area contributed by atoms with Crippen molar-refractivity contribution >= 4 is 11.6 Å². The maximum atomic E-state index is 12.2. The van der Waals surface area contributed by atoms with Crippen molar-refractivity contribution in [3.05, 3.63) is 71.3 Å². The molecule has 21 heavy (non-hydrogen) atoms. The van der Waals surface area contributed by atoms with Crippen molar-refractivity contribution < 1.29 is 9.59 Å². The minimum Gasteiger partial charge on any atom is -0.294 e. The molecular formula is C19H18O2. The topological polar surface area (TPSA) is 34.1 Å². The summed E-state index contributed by atoms with van der Waals surface area (Å²) >= 11 is 0. The van der Waals surface area contributed by atoms with E-state index in [0.717, 1.165) is 0 Å². The molecule has 0 amide bonds. The van der Waals surface area contributed by atoms with Gasteiger partial charge in [0.2, 0.25) is 0 Å². The van der Waals surface area contributed by atoms with Crippen LogP contribution < -0.4 is 0 Å². The van der Waals surface area contributed by atoms with E-state index in [1.807, 2.05) is 42.5 Å². The van der Waals surface area contributed by atoms with E-state index >= 15 is 0 Å². The Bertz CT molecular complexity index is 637. The summed E-state index contributed by atoms with van der Waals surface area (Å²) in [6, 6.07) is 16.7. The lowest BCUT2D eigenvalue weighted by molar-refractivity contribution is 0.0894. The van der Waals surface area contributed by atoms with Crippen molar-refractivity contribution in [2.75, 3.05) is 0 Å². The van der Waals surface area contributed by atoms with E-state index in [1.165, 1.54) is 24.8 Å². The molecule has 1 aliphatic rings. The number of carbonyl (C=O) groups excluding carboxylic acids is 2. The Kier molecular flexibility index (Phi) is 3.96. The van der Waals surface area contributed by atoms with E-state index in [2.05, 4.69) is 0 Å². The van der Waals surface area contributed by atoms with Gasteiger partial charge in [0.05, 0.1) is 6.42 Å². The molecule has 2 aromatic carbocycles. The molecule has 0 spiro atoms. The van der Waals surface area contributed by atoms with Gasteiger partial charge in [-0.3, -0.25) is 9.59 Å². The van der Waals surface area contributed by atoms with Crippen LogP contribution in [0.4, 0.5) is 0 Å². The standard InChI is InChI=1S/C19H18O2/c20-18(16-5-2-1-3-6-16)13-19(21)17-11-9-15(10-12-17)14-7-4-8-14/h1-3,5-6,9-12,14H,4,7-8,13H2. The number of benzene rings is 2. The fraction of sp³-hybridized carbons (Fsp3) is 0.263. The summed E-state index contributed by atoms with van der Waals surface area (Å²) in [6.07, 6.45) is 3.74. The second kappa shape index (κ2) is 6.04. The van der Waals surface area contributed by atoms with E-state index in [-0.39, 0.29) is 18.0 Å². The number of carbonyl (C=O) groups is 2.